The first-order chi connectivity index (χ1) is 9.25. The molecule has 1 rings (SSSR count). The Kier molecular flexibility index (Phi) is 5.98. The molecule has 0 atom stereocenters. The van der Waals surface area contributed by atoms with E-state index in [4.69, 9.17) is 5.73 Å². The molecule has 0 aromatic heterocycles. The van der Waals surface area contributed by atoms with Crippen LogP contribution in [0.25, 0.3) is 0 Å². The Morgan fingerprint density at radius 2 is 1.85 bits per heavy atom. The Morgan fingerprint density at radius 3 is 2.45 bits per heavy atom. The summed E-state index contributed by atoms with van der Waals surface area (Å²) in [7, 11) is 0.519. The van der Waals surface area contributed by atoms with Crippen LogP contribution in [0.15, 0.2) is 17.0 Å². The second-order valence-corrected chi connectivity index (χ2v) is 7.04. The molecule has 0 amide bonds. The van der Waals surface area contributed by atoms with Crippen LogP contribution < -0.4 is 10.5 Å². The van der Waals surface area contributed by atoms with E-state index in [-0.39, 0.29) is 0 Å². The number of nitrogens with one attached hydrogen (secondary N) is 1. The lowest BCUT2D eigenvalue weighted by atomic mass is 10.1. The van der Waals surface area contributed by atoms with Crippen molar-refractivity contribution in [2.24, 2.45) is 0 Å². The van der Waals surface area contributed by atoms with Crippen molar-refractivity contribution in [1.82, 2.24) is 9.62 Å². The molecule has 0 fully saturated rings. The van der Waals surface area contributed by atoms with E-state index in [9.17, 15) is 8.42 Å². The van der Waals surface area contributed by atoms with E-state index < -0.39 is 10.0 Å². The normalized spacial score (nSPS) is 12.1. The van der Waals surface area contributed by atoms with Crippen molar-refractivity contribution in [3.8, 4) is 0 Å². The van der Waals surface area contributed by atoms with E-state index in [0.29, 0.717) is 22.7 Å². The maximum atomic E-state index is 12.3. The van der Waals surface area contributed by atoms with Gasteiger partial charge in [0.05, 0.1) is 4.90 Å². The van der Waals surface area contributed by atoms with Crippen LogP contribution in [0.3, 0.4) is 0 Å². The van der Waals surface area contributed by atoms with Gasteiger partial charge in [0.25, 0.3) is 0 Å². The Bertz CT molecular complexity index is 554. The number of benzene rings is 1. The SMILES string of the molecule is Cc1ccc(N)c(C)c1S(=O)(=O)NCCCCN(C)C. The van der Waals surface area contributed by atoms with Crippen molar-refractivity contribution in [3.63, 3.8) is 0 Å². The molecule has 0 aliphatic carbocycles. The van der Waals surface area contributed by atoms with Gasteiger partial charge in [-0.1, -0.05) is 6.07 Å². The fraction of sp³-hybridized carbons (Fsp3) is 0.571. The zero-order valence-corrected chi connectivity index (χ0v) is 13.5. The van der Waals surface area contributed by atoms with Gasteiger partial charge in [0.1, 0.15) is 0 Å². The predicted molar refractivity (Wildman–Crippen MR) is 83.3 cm³/mol. The van der Waals surface area contributed by atoms with Crippen molar-refractivity contribution in [1.29, 1.82) is 0 Å². The average Bonchev–Trinajstić information content (AvgIpc) is 2.33. The monoisotopic (exact) mass is 299 g/mol. The van der Waals surface area contributed by atoms with Crippen LogP contribution in [0.2, 0.25) is 0 Å². The first-order valence-corrected chi connectivity index (χ1v) is 8.24. The molecule has 0 unspecified atom stereocenters. The molecule has 0 bridgehead atoms. The predicted octanol–water partition coefficient (Wildman–Crippen LogP) is 1.51. The largest absolute Gasteiger partial charge is 0.398 e. The number of nitrogens with zero attached hydrogens (tertiary/aromatic N) is 1. The molecular formula is C14H25N3O2S. The summed E-state index contributed by atoms with van der Waals surface area (Å²) in [4.78, 5) is 2.39. The lowest BCUT2D eigenvalue weighted by Crippen LogP contribution is -2.27. The summed E-state index contributed by atoms with van der Waals surface area (Å²) in [5.41, 5.74) is 7.64. The van der Waals surface area contributed by atoms with Gasteiger partial charge in [-0.25, -0.2) is 13.1 Å². The Morgan fingerprint density at radius 1 is 1.20 bits per heavy atom. The van der Waals surface area contributed by atoms with Gasteiger partial charge in [0.15, 0.2) is 0 Å². The lowest BCUT2D eigenvalue weighted by Gasteiger charge is -2.14. The highest BCUT2D eigenvalue weighted by Crippen LogP contribution is 2.24. The van der Waals surface area contributed by atoms with Gasteiger partial charge in [0, 0.05) is 12.2 Å². The van der Waals surface area contributed by atoms with Crippen LogP contribution in [-0.2, 0) is 10.0 Å². The molecule has 20 heavy (non-hydrogen) atoms. The van der Waals surface area contributed by atoms with Crippen molar-refractivity contribution in [2.45, 2.75) is 31.6 Å². The van der Waals surface area contributed by atoms with E-state index in [1.54, 1.807) is 26.0 Å². The highest BCUT2D eigenvalue weighted by Gasteiger charge is 2.20. The molecule has 6 heteroatoms. The number of unbranched alkanes of at least 4 members (excludes halogenated alkanes) is 1. The van der Waals surface area contributed by atoms with Crippen LogP contribution in [0.1, 0.15) is 24.0 Å². The zero-order chi connectivity index (χ0) is 15.3. The number of sulfonamides is 1. The third kappa shape index (κ3) is 4.47. The molecule has 5 nitrogen and oxygen atoms in total. The Balaban J connectivity index is 2.73. The van der Waals surface area contributed by atoms with Crippen molar-refractivity contribution >= 4 is 15.7 Å². The molecule has 0 heterocycles. The van der Waals surface area contributed by atoms with Gasteiger partial charge in [-0.15, -0.1) is 0 Å². The topological polar surface area (TPSA) is 75.4 Å². The minimum atomic E-state index is -3.49. The molecule has 114 valence electrons. The van der Waals surface area contributed by atoms with Crippen LogP contribution in [0.5, 0.6) is 0 Å². The molecule has 0 aliphatic heterocycles. The number of hydrogen-bond acceptors (Lipinski definition) is 4. The summed E-state index contributed by atoms with van der Waals surface area (Å²) in [5.74, 6) is 0. The van der Waals surface area contributed by atoms with Crippen molar-refractivity contribution in [3.05, 3.63) is 23.3 Å². The van der Waals surface area contributed by atoms with Gasteiger partial charge in [-0.2, -0.15) is 0 Å². The molecule has 0 spiro atoms. The highest BCUT2D eigenvalue weighted by molar-refractivity contribution is 7.89. The summed E-state index contributed by atoms with van der Waals surface area (Å²) in [6.07, 6.45) is 1.78. The molecular weight excluding hydrogens is 274 g/mol. The van der Waals surface area contributed by atoms with Gasteiger partial charge in [-0.05, 0) is 64.5 Å². The summed E-state index contributed by atoms with van der Waals surface area (Å²) >= 11 is 0. The number of rotatable bonds is 7. The molecule has 0 radical (unpaired) electrons. The standard InChI is InChI=1S/C14H25N3O2S/c1-11-7-8-13(15)12(2)14(11)20(18,19)16-9-5-6-10-17(3)4/h7-8,16H,5-6,9-10,15H2,1-4H3. The minimum absolute atomic E-state index is 0.310. The number of hydrogen-bond donors (Lipinski definition) is 2. The second kappa shape index (κ2) is 7.06. The van der Waals surface area contributed by atoms with E-state index in [1.165, 1.54) is 0 Å². The zero-order valence-electron chi connectivity index (χ0n) is 12.7. The van der Waals surface area contributed by atoms with Gasteiger partial charge < -0.3 is 10.6 Å². The van der Waals surface area contributed by atoms with Crippen LogP contribution in [0.4, 0.5) is 5.69 Å². The number of aryl methyl sites for hydroxylation is 1. The second-order valence-electron chi connectivity index (χ2n) is 5.33. The first-order valence-electron chi connectivity index (χ1n) is 6.76. The molecule has 0 saturated carbocycles. The molecule has 1 aromatic carbocycles. The fourth-order valence-electron chi connectivity index (χ4n) is 2.09. The average molecular weight is 299 g/mol. The van der Waals surface area contributed by atoms with Crippen molar-refractivity contribution < 1.29 is 8.42 Å². The number of nitrogens with two attached hydrogens (primary N) is 1. The van der Waals surface area contributed by atoms with Crippen LogP contribution in [0, 0.1) is 13.8 Å². The highest BCUT2D eigenvalue weighted by atomic mass is 32.2. The molecule has 3 N–H and O–H groups in total. The fourth-order valence-corrected chi connectivity index (χ4v) is 3.66. The maximum absolute atomic E-state index is 12.3. The maximum Gasteiger partial charge on any atom is 0.241 e. The van der Waals surface area contributed by atoms with Crippen LogP contribution >= 0.6 is 0 Å². The number of anilines is 1. The quantitative estimate of drug-likeness (QED) is 0.591. The van der Waals surface area contributed by atoms with E-state index >= 15 is 0 Å². The smallest absolute Gasteiger partial charge is 0.241 e. The van der Waals surface area contributed by atoms with Gasteiger partial charge in [0.2, 0.25) is 10.0 Å². The molecule has 1 aromatic rings. The first kappa shape index (κ1) is 16.9. The van der Waals surface area contributed by atoms with E-state index in [1.807, 2.05) is 14.1 Å². The number of nitrogen functional groups attached to an aromatic ring is 1. The molecule has 0 saturated heterocycles. The van der Waals surface area contributed by atoms with Crippen molar-refractivity contribution in [2.75, 3.05) is 32.9 Å². The summed E-state index contributed by atoms with van der Waals surface area (Å²) in [6, 6.07) is 3.48. The van der Waals surface area contributed by atoms with Gasteiger partial charge >= 0.3 is 0 Å². The Labute approximate surface area is 122 Å². The molecule has 0 aliphatic rings. The van der Waals surface area contributed by atoms with E-state index in [0.717, 1.165) is 24.9 Å². The lowest BCUT2D eigenvalue weighted by molar-refractivity contribution is 0.394. The third-order valence-corrected chi connectivity index (χ3v) is 4.99. The van der Waals surface area contributed by atoms with Gasteiger partial charge in [-0.3, -0.25) is 0 Å². The Hall–Kier alpha value is -1.11. The minimum Gasteiger partial charge on any atom is -0.398 e. The summed E-state index contributed by atoms with van der Waals surface area (Å²) in [5, 5.41) is 0. The third-order valence-electron chi connectivity index (χ3n) is 3.24. The van der Waals surface area contributed by atoms with E-state index in [2.05, 4.69) is 9.62 Å². The van der Waals surface area contributed by atoms with Crippen LogP contribution in [-0.4, -0.2) is 40.5 Å². The summed E-state index contributed by atoms with van der Waals surface area (Å²) < 4.78 is 27.3. The summed E-state index contributed by atoms with van der Waals surface area (Å²) in [6.45, 7) is 4.93.